The van der Waals surface area contributed by atoms with Gasteiger partial charge in [0.1, 0.15) is 0 Å². The first kappa shape index (κ1) is 11.9. The number of anilines is 1. The van der Waals surface area contributed by atoms with Crippen molar-refractivity contribution in [1.82, 2.24) is 15.0 Å². The molecule has 5 heteroatoms. The first-order valence-corrected chi connectivity index (χ1v) is 6.93. The van der Waals surface area contributed by atoms with Gasteiger partial charge in [0, 0.05) is 11.1 Å². The minimum absolute atomic E-state index is 0.758. The fourth-order valence-corrected chi connectivity index (χ4v) is 2.48. The highest BCUT2D eigenvalue weighted by Gasteiger charge is 2.00. The minimum Gasteiger partial charge on any atom is -0.379 e. The molecule has 2 aromatic heterocycles. The van der Waals surface area contributed by atoms with Crippen LogP contribution in [0, 0.1) is 6.92 Å². The highest BCUT2D eigenvalue weighted by atomic mass is 32.1. The van der Waals surface area contributed by atoms with Gasteiger partial charge in [-0.3, -0.25) is 0 Å². The zero-order valence-electron chi connectivity index (χ0n) is 10.6. The number of aryl methyl sites for hydroxylation is 1. The Bertz CT molecular complexity index is 640. The molecule has 1 aromatic carbocycles. The molecule has 0 saturated heterocycles. The van der Waals surface area contributed by atoms with Crippen LogP contribution in [0.4, 0.5) is 5.69 Å². The third-order valence-electron chi connectivity index (χ3n) is 2.83. The maximum atomic E-state index is 4.43. The number of benzene rings is 1. The molecule has 19 heavy (non-hydrogen) atoms. The summed E-state index contributed by atoms with van der Waals surface area (Å²) in [5, 5.41) is 6.55. The van der Waals surface area contributed by atoms with Gasteiger partial charge in [0.25, 0.3) is 0 Å². The topological polar surface area (TPSA) is 53.6 Å². The molecular formula is C14H14N4S. The number of H-pyrrole nitrogens is 1. The van der Waals surface area contributed by atoms with Crippen molar-refractivity contribution in [2.75, 3.05) is 5.32 Å². The zero-order chi connectivity index (χ0) is 13.1. The van der Waals surface area contributed by atoms with Gasteiger partial charge in [0.15, 0.2) is 0 Å². The summed E-state index contributed by atoms with van der Waals surface area (Å²) in [4.78, 5) is 11.5. The number of nitrogens with one attached hydrogen (secondary N) is 2. The lowest BCUT2D eigenvalue weighted by atomic mass is 10.1. The SMILES string of the molecule is Cc1nc(CNc2ccc(-c3cnc[nH]3)cc2)cs1. The quantitative estimate of drug-likeness (QED) is 0.763. The van der Waals surface area contributed by atoms with Crippen LogP contribution in [-0.4, -0.2) is 15.0 Å². The van der Waals surface area contributed by atoms with Crippen LogP contribution in [0.1, 0.15) is 10.7 Å². The zero-order valence-corrected chi connectivity index (χ0v) is 11.4. The lowest BCUT2D eigenvalue weighted by Crippen LogP contribution is -1.99. The predicted octanol–water partition coefficient (Wildman–Crippen LogP) is 3.45. The average Bonchev–Trinajstić information content (AvgIpc) is 3.08. The molecule has 3 rings (SSSR count). The lowest BCUT2D eigenvalue weighted by molar-refractivity contribution is 1.05. The fraction of sp³-hybridized carbons (Fsp3) is 0.143. The molecular weight excluding hydrogens is 256 g/mol. The first-order valence-electron chi connectivity index (χ1n) is 6.05. The van der Waals surface area contributed by atoms with Gasteiger partial charge in [0.2, 0.25) is 0 Å². The van der Waals surface area contributed by atoms with E-state index in [0.717, 1.165) is 34.2 Å². The van der Waals surface area contributed by atoms with Gasteiger partial charge in [-0.25, -0.2) is 9.97 Å². The van der Waals surface area contributed by atoms with Gasteiger partial charge in [0.05, 0.1) is 35.5 Å². The summed E-state index contributed by atoms with van der Waals surface area (Å²) < 4.78 is 0. The Labute approximate surface area is 115 Å². The highest BCUT2D eigenvalue weighted by Crippen LogP contribution is 2.19. The summed E-state index contributed by atoms with van der Waals surface area (Å²) >= 11 is 1.68. The van der Waals surface area contributed by atoms with Crippen LogP contribution in [0.15, 0.2) is 42.2 Å². The fourth-order valence-electron chi connectivity index (χ4n) is 1.86. The highest BCUT2D eigenvalue weighted by molar-refractivity contribution is 7.09. The summed E-state index contributed by atoms with van der Waals surface area (Å²) in [6.07, 6.45) is 3.51. The Kier molecular flexibility index (Phi) is 3.29. The molecule has 0 atom stereocenters. The van der Waals surface area contributed by atoms with Crippen molar-refractivity contribution < 1.29 is 0 Å². The third-order valence-corrected chi connectivity index (χ3v) is 3.66. The smallest absolute Gasteiger partial charge is 0.0924 e. The van der Waals surface area contributed by atoms with Crippen molar-refractivity contribution >= 4 is 17.0 Å². The van der Waals surface area contributed by atoms with Crippen molar-refractivity contribution in [1.29, 1.82) is 0 Å². The Morgan fingerprint density at radius 2 is 2.11 bits per heavy atom. The van der Waals surface area contributed by atoms with Crippen molar-refractivity contribution in [2.45, 2.75) is 13.5 Å². The van der Waals surface area contributed by atoms with E-state index < -0.39 is 0 Å². The van der Waals surface area contributed by atoms with E-state index in [0.29, 0.717) is 0 Å². The van der Waals surface area contributed by atoms with E-state index in [1.165, 1.54) is 0 Å². The van der Waals surface area contributed by atoms with Crippen molar-refractivity contribution in [3.63, 3.8) is 0 Å². The van der Waals surface area contributed by atoms with E-state index >= 15 is 0 Å². The maximum Gasteiger partial charge on any atom is 0.0924 e. The lowest BCUT2D eigenvalue weighted by Gasteiger charge is -2.05. The standard InChI is InChI=1S/C14H14N4S/c1-10-18-13(8-19-10)6-16-12-4-2-11(3-5-12)14-7-15-9-17-14/h2-5,7-9,16H,6H2,1H3,(H,15,17). The van der Waals surface area contributed by atoms with Gasteiger partial charge < -0.3 is 10.3 Å². The van der Waals surface area contributed by atoms with E-state index in [1.54, 1.807) is 17.7 Å². The number of rotatable bonds is 4. The van der Waals surface area contributed by atoms with E-state index in [1.807, 2.05) is 13.1 Å². The maximum absolute atomic E-state index is 4.43. The number of thiazole rings is 1. The van der Waals surface area contributed by atoms with Gasteiger partial charge in [-0.1, -0.05) is 12.1 Å². The number of nitrogens with zero attached hydrogens (tertiary/aromatic N) is 2. The van der Waals surface area contributed by atoms with Gasteiger partial charge in [-0.05, 0) is 24.6 Å². The van der Waals surface area contributed by atoms with E-state index in [2.05, 4.69) is 49.9 Å². The third kappa shape index (κ3) is 2.82. The van der Waals surface area contributed by atoms with Gasteiger partial charge in [-0.15, -0.1) is 11.3 Å². The molecule has 0 radical (unpaired) electrons. The van der Waals surface area contributed by atoms with Crippen LogP contribution in [0.2, 0.25) is 0 Å². The van der Waals surface area contributed by atoms with Crippen LogP contribution in [0.25, 0.3) is 11.3 Å². The minimum atomic E-state index is 0.758. The van der Waals surface area contributed by atoms with E-state index in [9.17, 15) is 0 Å². The van der Waals surface area contributed by atoms with Crippen LogP contribution in [0.3, 0.4) is 0 Å². The molecule has 2 N–H and O–H groups in total. The van der Waals surface area contributed by atoms with Crippen LogP contribution >= 0.6 is 11.3 Å². The molecule has 0 aliphatic heterocycles. The second kappa shape index (κ2) is 5.24. The number of aromatic amines is 1. The summed E-state index contributed by atoms with van der Waals surface area (Å²) in [6, 6.07) is 8.27. The molecule has 0 aliphatic carbocycles. The van der Waals surface area contributed by atoms with Crippen molar-refractivity contribution in [3.8, 4) is 11.3 Å². The molecule has 0 bridgehead atoms. The molecule has 3 aromatic rings. The summed E-state index contributed by atoms with van der Waals surface area (Å²) in [5.41, 5.74) is 4.34. The largest absolute Gasteiger partial charge is 0.379 e. The van der Waals surface area contributed by atoms with Gasteiger partial charge >= 0.3 is 0 Å². The van der Waals surface area contributed by atoms with Crippen molar-refractivity contribution in [3.05, 3.63) is 52.9 Å². The Morgan fingerprint density at radius 1 is 1.26 bits per heavy atom. The molecule has 0 spiro atoms. The monoisotopic (exact) mass is 270 g/mol. The first-order chi connectivity index (χ1) is 9.31. The molecule has 0 fully saturated rings. The van der Waals surface area contributed by atoms with Crippen LogP contribution in [-0.2, 0) is 6.54 Å². The molecule has 0 amide bonds. The average molecular weight is 270 g/mol. The number of imidazole rings is 1. The Hall–Kier alpha value is -2.14. The molecule has 0 saturated carbocycles. The summed E-state index contributed by atoms with van der Waals surface area (Å²) in [6.45, 7) is 2.78. The van der Waals surface area contributed by atoms with Crippen LogP contribution < -0.4 is 5.32 Å². The molecule has 0 aliphatic rings. The van der Waals surface area contributed by atoms with Crippen LogP contribution in [0.5, 0.6) is 0 Å². The van der Waals surface area contributed by atoms with Crippen molar-refractivity contribution in [2.24, 2.45) is 0 Å². The number of aromatic nitrogens is 3. The second-order valence-electron chi connectivity index (χ2n) is 4.25. The number of hydrogen-bond donors (Lipinski definition) is 2. The Balaban J connectivity index is 1.66. The Morgan fingerprint density at radius 3 is 2.74 bits per heavy atom. The summed E-state index contributed by atoms with van der Waals surface area (Å²) in [5.74, 6) is 0. The second-order valence-corrected chi connectivity index (χ2v) is 5.32. The van der Waals surface area contributed by atoms with E-state index in [-0.39, 0.29) is 0 Å². The number of hydrogen-bond acceptors (Lipinski definition) is 4. The van der Waals surface area contributed by atoms with E-state index in [4.69, 9.17) is 0 Å². The normalized spacial score (nSPS) is 10.6. The summed E-state index contributed by atoms with van der Waals surface area (Å²) in [7, 11) is 0. The van der Waals surface area contributed by atoms with Gasteiger partial charge in [-0.2, -0.15) is 0 Å². The molecule has 96 valence electrons. The molecule has 4 nitrogen and oxygen atoms in total. The molecule has 0 unspecified atom stereocenters. The molecule has 2 heterocycles. The predicted molar refractivity (Wildman–Crippen MR) is 78.2 cm³/mol.